The van der Waals surface area contributed by atoms with E-state index in [9.17, 15) is 0 Å². The van der Waals surface area contributed by atoms with Gasteiger partial charge >= 0.3 is 0 Å². The highest BCUT2D eigenvalue weighted by Gasteiger charge is 2.03. The lowest BCUT2D eigenvalue weighted by atomic mass is 10.2. The van der Waals surface area contributed by atoms with Crippen molar-refractivity contribution < 1.29 is 0 Å². The zero-order valence-corrected chi connectivity index (χ0v) is 10.4. The SMILES string of the molecule is C=CCCCCCN[C@@H](C)c1cccs1. The first-order valence-corrected chi connectivity index (χ1v) is 6.60. The number of thiophene rings is 1. The van der Waals surface area contributed by atoms with E-state index in [1.165, 1.54) is 24.1 Å². The fraction of sp³-hybridized carbons (Fsp3) is 0.538. The molecule has 0 aromatic carbocycles. The van der Waals surface area contributed by atoms with Gasteiger partial charge in [0.1, 0.15) is 0 Å². The van der Waals surface area contributed by atoms with Crippen LogP contribution in [-0.2, 0) is 0 Å². The molecule has 1 aromatic rings. The van der Waals surface area contributed by atoms with Gasteiger partial charge in [-0.3, -0.25) is 0 Å². The lowest BCUT2D eigenvalue weighted by Crippen LogP contribution is -2.18. The zero-order chi connectivity index (χ0) is 10.9. The highest BCUT2D eigenvalue weighted by atomic mass is 32.1. The van der Waals surface area contributed by atoms with Gasteiger partial charge in [-0.15, -0.1) is 17.9 Å². The normalized spacial score (nSPS) is 12.6. The Morgan fingerprint density at radius 3 is 3.00 bits per heavy atom. The Kier molecular flexibility index (Phi) is 6.37. The molecule has 0 unspecified atom stereocenters. The van der Waals surface area contributed by atoms with E-state index in [4.69, 9.17) is 0 Å². The molecule has 0 amide bonds. The summed E-state index contributed by atoms with van der Waals surface area (Å²) in [5.74, 6) is 0. The average Bonchev–Trinajstić information content (AvgIpc) is 2.76. The van der Waals surface area contributed by atoms with E-state index in [0.717, 1.165) is 13.0 Å². The van der Waals surface area contributed by atoms with E-state index >= 15 is 0 Å². The molecule has 0 saturated heterocycles. The molecule has 0 spiro atoms. The number of hydrogen-bond donors (Lipinski definition) is 1. The van der Waals surface area contributed by atoms with Gasteiger partial charge in [0.2, 0.25) is 0 Å². The van der Waals surface area contributed by atoms with Crippen LogP contribution in [0.15, 0.2) is 30.2 Å². The largest absolute Gasteiger partial charge is 0.309 e. The van der Waals surface area contributed by atoms with Gasteiger partial charge in [0.05, 0.1) is 0 Å². The molecule has 2 heteroatoms. The zero-order valence-electron chi connectivity index (χ0n) is 9.54. The van der Waals surface area contributed by atoms with Crippen LogP contribution in [0, 0.1) is 0 Å². The van der Waals surface area contributed by atoms with Gasteiger partial charge in [0.25, 0.3) is 0 Å². The van der Waals surface area contributed by atoms with Crippen molar-refractivity contribution in [2.24, 2.45) is 0 Å². The highest BCUT2D eigenvalue weighted by Crippen LogP contribution is 2.17. The molecule has 0 bridgehead atoms. The van der Waals surface area contributed by atoms with E-state index in [0.29, 0.717) is 6.04 Å². The van der Waals surface area contributed by atoms with E-state index in [-0.39, 0.29) is 0 Å². The number of allylic oxidation sites excluding steroid dienone is 1. The summed E-state index contributed by atoms with van der Waals surface area (Å²) >= 11 is 1.83. The Hall–Kier alpha value is -0.600. The molecule has 1 atom stereocenters. The summed E-state index contributed by atoms with van der Waals surface area (Å²) in [7, 11) is 0. The first-order valence-electron chi connectivity index (χ1n) is 5.72. The average molecular weight is 223 g/mol. The number of hydrogen-bond acceptors (Lipinski definition) is 2. The second kappa shape index (κ2) is 7.66. The fourth-order valence-electron chi connectivity index (χ4n) is 1.55. The minimum Gasteiger partial charge on any atom is -0.309 e. The molecule has 1 nitrogen and oxygen atoms in total. The van der Waals surface area contributed by atoms with Crippen molar-refractivity contribution in [2.75, 3.05) is 6.54 Å². The summed E-state index contributed by atoms with van der Waals surface area (Å²) in [6, 6.07) is 4.81. The van der Waals surface area contributed by atoms with Crippen LogP contribution in [0.5, 0.6) is 0 Å². The van der Waals surface area contributed by atoms with Gasteiger partial charge in [-0.1, -0.05) is 18.6 Å². The van der Waals surface area contributed by atoms with E-state index < -0.39 is 0 Å². The summed E-state index contributed by atoms with van der Waals surface area (Å²) in [4.78, 5) is 1.43. The predicted octanol–water partition coefficient (Wildman–Crippen LogP) is 4.15. The van der Waals surface area contributed by atoms with Crippen molar-refractivity contribution in [1.29, 1.82) is 0 Å². The second-order valence-corrected chi connectivity index (χ2v) is 4.81. The van der Waals surface area contributed by atoms with Crippen molar-refractivity contribution in [1.82, 2.24) is 5.32 Å². The van der Waals surface area contributed by atoms with Crippen molar-refractivity contribution in [3.63, 3.8) is 0 Å². The summed E-state index contributed by atoms with van der Waals surface area (Å²) in [6.07, 6.45) is 7.00. The Morgan fingerprint density at radius 2 is 2.33 bits per heavy atom. The van der Waals surface area contributed by atoms with E-state index in [1.54, 1.807) is 0 Å². The topological polar surface area (TPSA) is 12.0 Å². The molecule has 0 aliphatic rings. The second-order valence-electron chi connectivity index (χ2n) is 3.83. The van der Waals surface area contributed by atoms with Crippen molar-refractivity contribution in [3.05, 3.63) is 35.0 Å². The maximum Gasteiger partial charge on any atom is 0.0386 e. The smallest absolute Gasteiger partial charge is 0.0386 e. The van der Waals surface area contributed by atoms with Crippen LogP contribution in [0.25, 0.3) is 0 Å². The molecular weight excluding hydrogens is 202 g/mol. The van der Waals surface area contributed by atoms with Gasteiger partial charge in [-0.25, -0.2) is 0 Å². The van der Waals surface area contributed by atoms with Crippen molar-refractivity contribution >= 4 is 11.3 Å². The molecule has 1 heterocycles. The minimum absolute atomic E-state index is 0.504. The summed E-state index contributed by atoms with van der Waals surface area (Å²) in [5.41, 5.74) is 0. The monoisotopic (exact) mass is 223 g/mol. The molecule has 1 aromatic heterocycles. The summed E-state index contributed by atoms with van der Waals surface area (Å²) in [5, 5.41) is 5.68. The third kappa shape index (κ3) is 5.14. The van der Waals surface area contributed by atoms with Gasteiger partial charge < -0.3 is 5.32 Å². The van der Waals surface area contributed by atoms with Crippen LogP contribution in [0.1, 0.15) is 43.5 Å². The van der Waals surface area contributed by atoms with Crippen molar-refractivity contribution in [3.8, 4) is 0 Å². The van der Waals surface area contributed by atoms with Gasteiger partial charge in [-0.05, 0) is 44.2 Å². The molecule has 0 radical (unpaired) electrons. The Balaban J connectivity index is 2.02. The first-order chi connectivity index (χ1) is 7.34. The molecule has 15 heavy (non-hydrogen) atoms. The molecule has 0 aliphatic carbocycles. The van der Waals surface area contributed by atoms with Gasteiger partial charge in [-0.2, -0.15) is 0 Å². The third-order valence-corrected chi connectivity index (χ3v) is 3.56. The molecule has 0 saturated carbocycles. The highest BCUT2D eigenvalue weighted by molar-refractivity contribution is 7.10. The Bertz CT molecular complexity index is 254. The standard InChI is InChI=1S/C13H21NS/c1-3-4-5-6-7-10-14-12(2)13-9-8-11-15-13/h3,8-9,11-12,14H,1,4-7,10H2,2H3/t12-/m0/s1. The van der Waals surface area contributed by atoms with Gasteiger partial charge in [0, 0.05) is 10.9 Å². The molecule has 0 fully saturated rings. The lowest BCUT2D eigenvalue weighted by Gasteiger charge is -2.11. The summed E-state index contributed by atoms with van der Waals surface area (Å²) < 4.78 is 0. The van der Waals surface area contributed by atoms with E-state index in [2.05, 4.69) is 36.3 Å². The molecule has 84 valence electrons. The van der Waals surface area contributed by atoms with Crippen molar-refractivity contribution in [2.45, 2.75) is 38.6 Å². The predicted molar refractivity (Wildman–Crippen MR) is 69.4 cm³/mol. The third-order valence-electron chi connectivity index (χ3n) is 2.51. The Morgan fingerprint density at radius 1 is 1.47 bits per heavy atom. The van der Waals surface area contributed by atoms with Crippen LogP contribution in [-0.4, -0.2) is 6.54 Å². The summed E-state index contributed by atoms with van der Waals surface area (Å²) in [6.45, 7) is 7.08. The van der Waals surface area contributed by atoms with E-state index in [1.807, 2.05) is 17.4 Å². The lowest BCUT2D eigenvalue weighted by molar-refractivity contribution is 0.545. The molecular formula is C13H21NS. The molecule has 0 aliphatic heterocycles. The van der Waals surface area contributed by atoms with Crippen LogP contribution < -0.4 is 5.32 Å². The maximum absolute atomic E-state index is 3.73. The van der Waals surface area contributed by atoms with Gasteiger partial charge in [0.15, 0.2) is 0 Å². The number of nitrogens with one attached hydrogen (secondary N) is 1. The maximum atomic E-state index is 3.73. The fourth-order valence-corrected chi connectivity index (χ4v) is 2.31. The Labute approximate surface area is 97.2 Å². The quantitative estimate of drug-likeness (QED) is 0.516. The molecule has 1 rings (SSSR count). The van der Waals surface area contributed by atoms with Crippen LogP contribution >= 0.6 is 11.3 Å². The van der Waals surface area contributed by atoms with Crippen LogP contribution in [0.4, 0.5) is 0 Å². The number of unbranched alkanes of at least 4 members (excludes halogenated alkanes) is 3. The van der Waals surface area contributed by atoms with Crippen LogP contribution in [0.2, 0.25) is 0 Å². The first kappa shape index (κ1) is 12.5. The molecule has 1 N–H and O–H groups in total. The minimum atomic E-state index is 0.504. The van der Waals surface area contributed by atoms with Crippen LogP contribution in [0.3, 0.4) is 0 Å². The number of rotatable bonds is 8.